The second-order valence-corrected chi connectivity index (χ2v) is 4.89. The van der Waals surface area contributed by atoms with Crippen LogP contribution in [0.2, 0.25) is 0 Å². The lowest BCUT2D eigenvalue weighted by molar-refractivity contribution is 0.587. The van der Waals surface area contributed by atoms with Crippen LogP contribution >= 0.6 is 22.6 Å². The molecule has 0 aliphatic rings. The largest absolute Gasteiger partial charge is 0.263 e. The van der Waals surface area contributed by atoms with Crippen molar-refractivity contribution >= 4 is 22.6 Å². The van der Waals surface area contributed by atoms with Crippen LogP contribution in [0.25, 0.3) is 0 Å². The highest BCUT2D eigenvalue weighted by atomic mass is 127. The summed E-state index contributed by atoms with van der Waals surface area (Å²) in [7, 11) is 0. The van der Waals surface area contributed by atoms with Crippen LogP contribution in [0.3, 0.4) is 0 Å². The maximum atomic E-state index is 4.14. The van der Waals surface area contributed by atoms with Crippen molar-refractivity contribution in [2.75, 3.05) is 0 Å². The highest BCUT2D eigenvalue weighted by Crippen LogP contribution is 2.21. The van der Waals surface area contributed by atoms with E-state index in [9.17, 15) is 0 Å². The Morgan fingerprint density at radius 1 is 1.27 bits per heavy atom. The highest BCUT2D eigenvalue weighted by molar-refractivity contribution is 14.1. The average molecular weight is 261 g/mol. The lowest BCUT2D eigenvalue weighted by atomic mass is 9.88. The number of hydrogen-bond acceptors (Lipinski definition) is 1. The van der Waals surface area contributed by atoms with Crippen molar-refractivity contribution in [1.29, 1.82) is 0 Å². The molecule has 0 saturated carbocycles. The molecule has 0 saturated heterocycles. The molecule has 0 radical (unpaired) electrons. The summed E-state index contributed by atoms with van der Waals surface area (Å²) in [4.78, 5) is 4.14. The third-order valence-electron chi connectivity index (χ3n) is 1.57. The summed E-state index contributed by atoms with van der Waals surface area (Å²) in [6.07, 6.45) is 3.80. The molecule has 0 spiro atoms. The standard InChI is InChI=1S/C9H12IN/c1-9(2,3)7-4-8(10)6-11-5-7/h4-6H,1-3H3. The Kier molecular flexibility index (Phi) is 2.52. The Morgan fingerprint density at radius 2 is 1.91 bits per heavy atom. The van der Waals surface area contributed by atoms with E-state index in [-0.39, 0.29) is 5.41 Å². The van der Waals surface area contributed by atoms with Gasteiger partial charge in [-0.05, 0) is 39.6 Å². The fourth-order valence-corrected chi connectivity index (χ4v) is 1.32. The molecule has 0 aromatic carbocycles. The smallest absolute Gasteiger partial charge is 0.0401 e. The molecule has 1 nitrogen and oxygen atoms in total. The van der Waals surface area contributed by atoms with Gasteiger partial charge in [-0.3, -0.25) is 4.98 Å². The van der Waals surface area contributed by atoms with E-state index >= 15 is 0 Å². The van der Waals surface area contributed by atoms with Crippen molar-refractivity contribution in [3.63, 3.8) is 0 Å². The van der Waals surface area contributed by atoms with E-state index in [1.165, 1.54) is 9.13 Å². The molecular formula is C9H12IN. The Balaban J connectivity index is 3.06. The van der Waals surface area contributed by atoms with Crippen LogP contribution in [0.1, 0.15) is 26.3 Å². The maximum absolute atomic E-state index is 4.14. The predicted molar refractivity (Wildman–Crippen MR) is 55.7 cm³/mol. The van der Waals surface area contributed by atoms with Crippen LogP contribution in [0.15, 0.2) is 18.5 Å². The molecule has 0 amide bonds. The Morgan fingerprint density at radius 3 is 2.27 bits per heavy atom. The normalized spacial score (nSPS) is 11.6. The molecule has 0 fully saturated rings. The Bertz CT molecular complexity index is 250. The van der Waals surface area contributed by atoms with Gasteiger partial charge in [0.1, 0.15) is 0 Å². The Hall–Kier alpha value is -0.120. The zero-order chi connectivity index (χ0) is 8.48. The van der Waals surface area contributed by atoms with Crippen LogP contribution in [0.4, 0.5) is 0 Å². The molecular weight excluding hydrogens is 249 g/mol. The van der Waals surface area contributed by atoms with Crippen molar-refractivity contribution in [3.05, 3.63) is 27.6 Å². The fraction of sp³-hybridized carbons (Fsp3) is 0.444. The summed E-state index contributed by atoms with van der Waals surface area (Å²) in [6.45, 7) is 6.58. The highest BCUT2D eigenvalue weighted by Gasteiger charge is 2.13. The molecule has 1 aromatic rings. The van der Waals surface area contributed by atoms with Gasteiger partial charge in [0.15, 0.2) is 0 Å². The van der Waals surface area contributed by atoms with Gasteiger partial charge in [-0.2, -0.15) is 0 Å². The van der Waals surface area contributed by atoms with E-state index in [1.807, 2.05) is 12.4 Å². The monoisotopic (exact) mass is 261 g/mol. The minimum atomic E-state index is 0.216. The number of pyridine rings is 1. The van der Waals surface area contributed by atoms with Crippen LogP contribution in [0.5, 0.6) is 0 Å². The third-order valence-corrected chi connectivity index (χ3v) is 2.16. The zero-order valence-electron chi connectivity index (χ0n) is 7.06. The minimum absolute atomic E-state index is 0.216. The van der Waals surface area contributed by atoms with E-state index < -0.39 is 0 Å². The van der Waals surface area contributed by atoms with E-state index in [0.717, 1.165) is 0 Å². The maximum Gasteiger partial charge on any atom is 0.0401 e. The van der Waals surface area contributed by atoms with Crippen molar-refractivity contribution in [2.45, 2.75) is 26.2 Å². The van der Waals surface area contributed by atoms with Gasteiger partial charge in [0, 0.05) is 16.0 Å². The van der Waals surface area contributed by atoms with E-state index in [2.05, 4.69) is 54.4 Å². The number of rotatable bonds is 0. The molecule has 2 heteroatoms. The molecule has 0 aliphatic carbocycles. The molecule has 60 valence electrons. The van der Waals surface area contributed by atoms with Gasteiger partial charge in [0.2, 0.25) is 0 Å². The van der Waals surface area contributed by atoms with Crippen molar-refractivity contribution in [3.8, 4) is 0 Å². The summed E-state index contributed by atoms with van der Waals surface area (Å²) in [5.41, 5.74) is 1.51. The van der Waals surface area contributed by atoms with E-state index in [1.54, 1.807) is 0 Å². The quantitative estimate of drug-likeness (QED) is 0.654. The minimum Gasteiger partial charge on any atom is -0.263 e. The van der Waals surface area contributed by atoms with Crippen LogP contribution in [-0.2, 0) is 5.41 Å². The summed E-state index contributed by atoms with van der Waals surface area (Å²) in [6, 6.07) is 2.17. The lowest BCUT2D eigenvalue weighted by Crippen LogP contribution is -2.11. The number of halogens is 1. The SMILES string of the molecule is CC(C)(C)c1cncc(I)c1. The van der Waals surface area contributed by atoms with Gasteiger partial charge in [0.05, 0.1) is 0 Å². The van der Waals surface area contributed by atoms with Crippen LogP contribution < -0.4 is 0 Å². The Labute approximate surface area is 81.4 Å². The topological polar surface area (TPSA) is 12.9 Å². The average Bonchev–Trinajstić information content (AvgIpc) is 1.86. The van der Waals surface area contributed by atoms with E-state index in [4.69, 9.17) is 0 Å². The summed E-state index contributed by atoms with van der Waals surface area (Å²) >= 11 is 2.28. The first-order valence-electron chi connectivity index (χ1n) is 3.61. The fourth-order valence-electron chi connectivity index (χ4n) is 0.822. The molecule has 1 aromatic heterocycles. The molecule has 0 aliphatic heterocycles. The predicted octanol–water partition coefficient (Wildman–Crippen LogP) is 2.98. The summed E-state index contributed by atoms with van der Waals surface area (Å²) in [5.74, 6) is 0. The number of nitrogens with zero attached hydrogens (tertiary/aromatic N) is 1. The first kappa shape index (κ1) is 8.97. The second kappa shape index (κ2) is 3.09. The zero-order valence-corrected chi connectivity index (χ0v) is 9.21. The molecule has 1 rings (SSSR count). The molecule has 0 atom stereocenters. The molecule has 11 heavy (non-hydrogen) atoms. The van der Waals surface area contributed by atoms with E-state index in [0.29, 0.717) is 0 Å². The first-order valence-corrected chi connectivity index (χ1v) is 4.69. The van der Waals surface area contributed by atoms with Gasteiger partial charge in [0.25, 0.3) is 0 Å². The second-order valence-electron chi connectivity index (χ2n) is 3.64. The number of hydrogen-bond donors (Lipinski definition) is 0. The molecule has 0 unspecified atom stereocenters. The van der Waals surface area contributed by atoms with Gasteiger partial charge >= 0.3 is 0 Å². The first-order chi connectivity index (χ1) is 5.00. The summed E-state index contributed by atoms with van der Waals surface area (Å²) < 4.78 is 1.20. The van der Waals surface area contributed by atoms with Gasteiger partial charge in [-0.1, -0.05) is 20.8 Å². The summed E-state index contributed by atoms with van der Waals surface area (Å²) in [5, 5.41) is 0. The van der Waals surface area contributed by atoms with Gasteiger partial charge in [-0.15, -0.1) is 0 Å². The van der Waals surface area contributed by atoms with Crippen molar-refractivity contribution in [2.24, 2.45) is 0 Å². The van der Waals surface area contributed by atoms with Gasteiger partial charge < -0.3 is 0 Å². The number of aromatic nitrogens is 1. The molecule has 0 N–H and O–H groups in total. The van der Waals surface area contributed by atoms with Crippen molar-refractivity contribution in [1.82, 2.24) is 4.98 Å². The molecule has 1 heterocycles. The van der Waals surface area contributed by atoms with Crippen molar-refractivity contribution < 1.29 is 0 Å². The molecule has 0 bridgehead atoms. The van der Waals surface area contributed by atoms with Gasteiger partial charge in [-0.25, -0.2) is 0 Å². The van der Waals surface area contributed by atoms with Crippen LogP contribution in [-0.4, -0.2) is 4.98 Å². The lowest BCUT2D eigenvalue weighted by Gasteiger charge is -2.18. The van der Waals surface area contributed by atoms with Crippen LogP contribution in [0, 0.1) is 3.57 Å². The third kappa shape index (κ3) is 2.43.